The van der Waals surface area contributed by atoms with Gasteiger partial charge >= 0.3 is 5.97 Å². The van der Waals surface area contributed by atoms with E-state index in [-0.39, 0.29) is 12.6 Å². The smallest absolute Gasteiger partial charge is 0.306 e. The van der Waals surface area contributed by atoms with Crippen LogP contribution in [0.4, 0.5) is 0 Å². The average Bonchev–Trinajstić information content (AvgIpc) is 2.48. The molecule has 0 radical (unpaired) electrons. The molecule has 3 heteroatoms. The minimum atomic E-state index is -0.0525. The maximum atomic E-state index is 11.5. The van der Waals surface area contributed by atoms with Crippen molar-refractivity contribution in [3.63, 3.8) is 0 Å². The first-order valence-corrected chi connectivity index (χ1v) is 7.58. The van der Waals surface area contributed by atoms with Crippen molar-refractivity contribution in [3.8, 4) is 0 Å². The van der Waals surface area contributed by atoms with E-state index in [9.17, 15) is 4.79 Å². The summed E-state index contributed by atoms with van der Waals surface area (Å²) in [4.78, 5) is 11.5. The molecule has 0 amide bonds. The molecule has 0 heterocycles. The van der Waals surface area contributed by atoms with Crippen molar-refractivity contribution in [1.82, 2.24) is 0 Å². The standard InChI is InChI=1S/C17H24O3/c1-2-20-17(19)11-13-3-7-15(8-4-13)16-9-5-14(12-18)6-10-16/h5-6,9-10,13,15,18H,2-4,7-8,11-12H2,1H3. The van der Waals surface area contributed by atoms with E-state index < -0.39 is 0 Å². The van der Waals surface area contributed by atoms with Gasteiger partial charge < -0.3 is 9.84 Å². The van der Waals surface area contributed by atoms with E-state index >= 15 is 0 Å². The van der Waals surface area contributed by atoms with Gasteiger partial charge in [-0.25, -0.2) is 0 Å². The van der Waals surface area contributed by atoms with Crippen LogP contribution in [0.5, 0.6) is 0 Å². The van der Waals surface area contributed by atoms with Gasteiger partial charge in [-0.1, -0.05) is 24.3 Å². The number of rotatable bonds is 5. The zero-order valence-electron chi connectivity index (χ0n) is 12.2. The average molecular weight is 276 g/mol. The Morgan fingerprint density at radius 2 is 1.85 bits per heavy atom. The van der Waals surface area contributed by atoms with E-state index in [1.807, 2.05) is 19.1 Å². The van der Waals surface area contributed by atoms with Crippen LogP contribution >= 0.6 is 0 Å². The van der Waals surface area contributed by atoms with Crippen LogP contribution in [0.25, 0.3) is 0 Å². The molecule has 0 spiro atoms. The van der Waals surface area contributed by atoms with E-state index in [0.717, 1.165) is 31.2 Å². The van der Waals surface area contributed by atoms with Crippen LogP contribution in [0.1, 0.15) is 56.1 Å². The van der Waals surface area contributed by atoms with Gasteiger partial charge in [-0.05, 0) is 55.6 Å². The SMILES string of the molecule is CCOC(=O)CC1CCC(c2ccc(CO)cc2)CC1. The van der Waals surface area contributed by atoms with Crippen LogP contribution in [0.3, 0.4) is 0 Å². The van der Waals surface area contributed by atoms with Crippen molar-refractivity contribution in [1.29, 1.82) is 0 Å². The van der Waals surface area contributed by atoms with E-state index in [4.69, 9.17) is 9.84 Å². The van der Waals surface area contributed by atoms with Gasteiger partial charge in [0.2, 0.25) is 0 Å². The molecule has 1 aliphatic carbocycles. The molecule has 0 unspecified atom stereocenters. The molecule has 110 valence electrons. The normalized spacial score (nSPS) is 22.5. The lowest BCUT2D eigenvalue weighted by molar-refractivity contribution is -0.144. The summed E-state index contributed by atoms with van der Waals surface area (Å²) in [6.45, 7) is 2.43. The molecule has 1 N–H and O–H groups in total. The lowest BCUT2D eigenvalue weighted by Gasteiger charge is -2.28. The van der Waals surface area contributed by atoms with Crippen LogP contribution in [-0.4, -0.2) is 17.7 Å². The van der Waals surface area contributed by atoms with Crippen LogP contribution in [0.15, 0.2) is 24.3 Å². The lowest BCUT2D eigenvalue weighted by Crippen LogP contribution is -2.17. The maximum Gasteiger partial charge on any atom is 0.306 e. The van der Waals surface area contributed by atoms with Crippen molar-refractivity contribution in [2.24, 2.45) is 5.92 Å². The van der Waals surface area contributed by atoms with Crippen LogP contribution in [0.2, 0.25) is 0 Å². The number of esters is 1. The first-order chi connectivity index (χ1) is 9.72. The van der Waals surface area contributed by atoms with Crippen molar-refractivity contribution >= 4 is 5.97 Å². The second kappa shape index (κ2) is 7.44. The highest BCUT2D eigenvalue weighted by Crippen LogP contribution is 2.37. The van der Waals surface area contributed by atoms with Gasteiger partial charge in [0.15, 0.2) is 0 Å². The topological polar surface area (TPSA) is 46.5 Å². The quantitative estimate of drug-likeness (QED) is 0.838. The van der Waals surface area contributed by atoms with Crippen molar-refractivity contribution in [3.05, 3.63) is 35.4 Å². The minimum absolute atomic E-state index is 0.0525. The van der Waals surface area contributed by atoms with E-state index in [0.29, 0.717) is 24.9 Å². The second-order valence-electron chi connectivity index (χ2n) is 5.63. The molecule has 0 bridgehead atoms. The molecule has 1 aliphatic rings. The molecule has 1 aromatic rings. The number of aliphatic hydroxyl groups excluding tert-OH is 1. The third kappa shape index (κ3) is 4.07. The van der Waals surface area contributed by atoms with Crippen molar-refractivity contribution < 1.29 is 14.6 Å². The Bertz CT molecular complexity index is 416. The zero-order valence-corrected chi connectivity index (χ0v) is 12.2. The lowest BCUT2D eigenvalue weighted by atomic mass is 9.77. The number of hydrogen-bond donors (Lipinski definition) is 1. The summed E-state index contributed by atoms with van der Waals surface area (Å²) < 4.78 is 5.02. The fraction of sp³-hybridized carbons (Fsp3) is 0.588. The third-order valence-electron chi connectivity index (χ3n) is 4.24. The Hall–Kier alpha value is -1.35. The van der Waals surface area contributed by atoms with Crippen LogP contribution < -0.4 is 0 Å². The summed E-state index contributed by atoms with van der Waals surface area (Å²) in [5.41, 5.74) is 2.32. The maximum absolute atomic E-state index is 11.5. The fourth-order valence-electron chi connectivity index (χ4n) is 3.05. The van der Waals surface area contributed by atoms with E-state index in [1.165, 1.54) is 5.56 Å². The largest absolute Gasteiger partial charge is 0.466 e. The number of aliphatic hydroxyl groups is 1. The first kappa shape index (κ1) is 15.0. The van der Waals surface area contributed by atoms with E-state index in [2.05, 4.69) is 12.1 Å². The summed E-state index contributed by atoms with van der Waals surface area (Å²) in [7, 11) is 0. The summed E-state index contributed by atoms with van der Waals surface area (Å²) in [5, 5.41) is 9.06. The summed E-state index contributed by atoms with van der Waals surface area (Å²) >= 11 is 0. The molecule has 3 nitrogen and oxygen atoms in total. The fourth-order valence-corrected chi connectivity index (χ4v) is 3.05. The number of benzene rings is 1. The van der Waals surface area contributed by atoms with Gasteiger partial charge in [0.05, 0.1) is 13.2 Å². The van der Waals surface area contributed by atoms with Crippen LogP contribution in [0, 0.1) is 5.92 Å². The van der Waals surface area contributed by atoms with Crippen molar-refractivity contribution in [2.45, 2.75) is 51.6 Å². The molecule has 0 saturated heterocycles. The Morgan fingerprint density at radius 3 is 2.40 bits per heavy atom. The predicted octanol–water partition coefficient (Wildman–Crippen LogP) is 3.41. The molecule has 1 saturated carbocycles. The molecule has 2 rings (SSSR count). The van der Waals surface area contributed by atoms with Crippen molar-refractivity contribution in [2.75, 3.05) is 6.61 Å². The van der Waals surface area contributed by atoms with Gasteiger partial charge in [0.25, 0.3) is 0 Å². The zero-order chi connectivity index (χ0) is 14.4. The van der Waals surface area contributed by atoms with Gasteiger partial charge in [-0.3, -0.25) is 4.79 Å². The summed E-state index contributed by atoms with van der Waals surface area (Å²) in [6, 6.07) is 8.25. The highest BCUT2D eigenvalue weighted by molar-refractivity contribution is 5.69. The summed E-state index contributed by atoms with van der Waals surface area (Å²) in [6.07, 6.45) is 5.06. The first-order valence-electron chi connectivity index (χ1n) is 7.58. The third-order valence-corrected chi connectivity index (χ3v) is 4.24. The molecule has 0 atom stereocenters. The Morgan fingerprint density at radius 1 is 1.20 bits per heavy atom. The number of hydrogen-bond acceptors (Lipinski definition) is 3. The Kier molecular flexibility index (Phi) is 5.60. The monoisotopic (exact) mass is 276 g/mol. The second-order valence-corrected chi connectivity index (χ2v) is 5.63. The molecule has 0 aliphatic heterocycles. The highest BCUT2D eigenvalue weighted by atomic mass is 16.5. The Balaban J connectivity index is 1.82. The Labute approximate surface area is 121 Å². The number of ether oxygens (including phenoxy) is 1. The van der Waals surface area contributed by atoms with Crippen LogP contribution in [-0.2, 0) is 16.1 Å². The van der Waals surface area contributed by atoms with Gasteiger partial charge in [0.1, 0.15) is 0 Å². The molecule has 20 heavy (non-hydrogen) atoms. The highest BCUT2D eigenvalue weighted by Gasteiger charge is 2.24. The summed E-state index contributed by atoms with van der Waals surface area (Å²) in [5.74, 6) is 1.03. The molecular weight excluding hydrogens is 252 g/mol. The molecular formula is C17H24O3. The van der Waals surface area contributed by atoms with E-state index in [1.54, 1.807) is 0 Å². The predicted molar refractivity (Wildman–Crippen MR) is 78.3 cm³/mol. The number of carbonyl (C=O) groups excluding carboxylic acids is 1. The molecule has 0 aromatic heterocycles. The van der Waals surface area contributed by atoms with Gasteiger partial charge in [-0.15, -0.1) is 0 Å². The number of carbonyl (C=O) groups is 1. The molecule has 1 aromatic carbocycles. The van der Waals surface area contributed by atoms with Gasteiger partial charge in [0, 0.05) is 6.42 Å². The minimum Gasteiger partial charge on any atom is -0.466 e. The van der Waals surface area contributed by atoms with Gasteiger partial charge in [-0.2, -0.15) is 0 Å². The molecule has 1 fully saturated rings.